The number of rotatable bonds is 2. The Morgan fingerprint density at radius 2 is 1.94 bits per heavy atom. The Bertz CT molecular complexity index is 456. The van der Waals surface area contributed by atoms with Crippen molar-refractivity contribution in [3.63, 3.8) is 0 Å². The van der Waals surface area contributed by atoms with Gasteiger partial charge >= 0.3 is 0 Å². The molecule has 0 unspecified atom stereocenters. The van der Waals surface area contributed by atoms with Crippen LogP contribution < -0.4 is 4.90 Å². The molecule has 1 aliphatic carbocycles. The monoisotopic (exact) mass is 262 g/mol. The second kappa shape index (κ2) is 5.63. The Morgan fingerprint density at radius 3 is 2.56 bits per heavy atom. The Morgan fingerprint density at radius 1 is 1.28 bits per heavy atom. The zero-order chi connectivity index (χ0) is 13.1. The van der Waals surface area contributed by atoms with Crippen LogP contribution in [0.1, 0.15) is 38.2 Å². The molecule has 1 aromatic carbocycles. The van der Waals surface area contributed by atoms with Crippen LogP contribution in [0.15, 0.2) is 18.2 Å². The van der Waals surface area contributed by atoms with Gasteiger partial charge in [-0.05, 0) is 43.7 Å². The van der Waals surface area contributed by atoms with Crippen molar-refractivity contribution in [1.82, 2.24) is 0 Å². The van der Waals surface area contributed by atoms with Crippen molar-refractivity contribution in [1.29, 1.82) is 5.26 Å². The van der Waals surface area contributed by atoms with E-state index in [-0.39, 0.29) is 0 Å². The molecular formula is C15H19ClN2. The van der Waals surface area contributed by atoms with Gasteiger partial charge in [-0.25, -0.2) is 0 Å². The fourth-order valence-corrected chi connectivity index (χ4v) is 2.96. The van der Waals surface area contributed by atoms with Gasteiger partial charge in [-0.1, -0.05) is 24.6 Å². The largest absolute Gasteiger partial charge is 0.371 e. The molecule has 0 aromatic heterocycles. The molecule has 0 amide bonds. The van der Waals surface area contributed by atoms with E-state index in [2.05, 4.69) is 24.9 Å². The number of nitrogens with zero attached hydrogens (tertiary/aromatic N) is 2. The Hall–Kier alpha value is -1.20. The van der Waals surface area contributed by atoms with Gasteiger partial charge in [-0.2, -0.15) is 5.26 Å². The van der Waals surface area contributed by atoms with Gasteiger partial charge in [0.25, 0.3) is 0 Å². The van der Waals surface area contributed by atoms with Crippen LogP contribution >= 0.6 is 11.6 Å². The van der Waals surface area contributed by atoms with E-state index in [1.54, 1.807) is 6.07 Å². The van der Waals surface area contributed by atoms with Crippen LogP contribution in [0.5, 0.6) is 0 Å². The predicted octanol–water partition coefficient (Wildman–Crippen LogP) is 4.23. The minimum Gasteiger partial charge on any atom is -0.371 e. The first-order chi connectivity index (χ1) is 8.63. The van der Waals surface area contributed by atoms with Gasteiger partial charge in [0.2, 0.25) is 0 Å². The second-order valence-electron chi connectivity index (χ2n) is 5.27. The molecule has 0 saturated heterocycles. The van der Waals surface area contributed by atoms with E-state index >= 15 is 0 Å². The van der Waals surface area contributed by atoms with Crippen LogP contribution in [0.25, 0.3) is 0 Å². The molecule has 0 N–H and O–H groups in total. The van der Waals surface area contributed by atoms with Crippen LogP contribution in [0, 0.1) is 17.2 Å². The van der Waals surface area contributed by atoms with E-state index in [1.165, 1.54) is 25.7 Å². The van der Waals surface area contributed by atoms with Crippen molar-refractivity contribution in [3.05, 3.63) is 28.8 Å². The predicted molar refractivity (Wildman–Crippen MR) is 76.0 cm³/mol. The topological polar surface area (TPSA) is 27.0 Å². The van der Waals surface area contributed by atoms with Crippen LogP contribution in [-0.4, -0.2) is 13.1 Å². The molecule has 3 heteroatoms. The lowest BCUT2D eigenvalue weighted by molar-refractivity contribution is 0.340. The molecule has 2 rings (SSSR count). The first kappa shape index (κ1) is 13.2. The molecule has 18 heavy (non-hydrogen) atoms. The molecule has 1 saturated carbocycles. The molecule has 1 aliphatic rings. The summed E-state index contributed by atoms with van der Waals surface area (Å²) in [5.41, 5.74) is 1.56. The molecule has 0 radical (unpaired) electrons. The SMILES string of the molecule is CC1CCC(N(C)c2cccc(Cl)c2C#N)CC1. The van der Waals surface area contributed by atoms with E-state index < -0.39 is 0 Å². The van der Waals surface area contributed by atoms with Crippen LogP contribution in [-0.2, 0) is 0 Å². The van der Waals surface area contributed by atoms with E-state index in [0.717, 1.165) is 11.6 Å². The summed E-state index contributed by atoms with van der Waals surface area (Å²) in [6, 6.07) is 8.44. The maximum Gasteiger partial charge on any atom is 0.103 e. The first-order valence-corrected chi connectivity index (χ1v) is 6.92. The molecule has 96 valence electrons. The smallest absolute Gasteiger partial charge is 0.103 e. The molecule has 1 aromatic rings. The maximum absolute atomic E-state index is 9.23. The van der Waals surface area contributed by atoms with Crippen molar-refractivity contribution in [3.8, 4) is 6.07 Å². The summed E-state index contributed by atoms with van der Waals surface area (Å²) in [6.07, 6.45) is 4.96. The molecule has 0 spiro atoms. The summed E-state index contributed by atoms with van der Waals surface area (Å²) in [6.45, 7) is 2.32. The highest BCUT2D eigenvalue weighted by molar-refractivity contribution is 6.32. The van der Waals surface area contributed by atoms with Crippen molar-refractivity contribution in [2.45, 2.75) is 38.6 Å². The fraction of sp³-hybridized carbons (Fsp3) is 0.533. The quantitative estimate of drug-likeness (QED) is 0.798. The standard InChI is InChI=1S/C15H19ClN2/c1-11-6-8-12(9-7-11)18(2)15-5-3-4-14(16)13(15)10-17/h3-5,11-12H,6-9H2,1-2H3. The molecule has 0 heterocycles. The lowest BCUT2D eigenvalue weighted by atomic mass is 9.86. The Balaban J connectivity index is 2.21. The summed E-state index contributed by atoms with van der Waals surface area (Å²) >= 11 is 6.09. The number of benzene rings is 1. The minimum absolute atomic E-state index is 0.534. The zero-order valence-electron chi connectivity index (χ0n) is 11.0. The average molecular weight is 263 g/mol. The van der Waals surface area contributed by atoms with Crippen LogP contribution in [0.3, 0.4) is 0 Å². The van der Waals surface area contributed by atoms with Gasteiger partial charge in [-0.3, -0.25) is 0 Å². The van der Waals surface area contributed by atoms with Crippen molar-refractivity contribution >= 4 is 17.3 Å². The summed E-state index contributed by atoms with van der Waals surface area (Å²) in [7, 11) is 2.08. The highest BCUT2D eigenvalue weighted by Gasteiger charge is 2.23. The lowest BCUT2D eigenvalue weighted by Crippen LogP contribution is -2.35. The average Bonchev–Trinajstić information content (AvgIpc) is 2.38. The first-order valence-electron chi connectivity index (χ1n) is 6.55. The Labute approximate surface area is 114 Å². The number of hydrogen-bond donors (Lipinski definition) is 0. The molecule has 0 bridgehead atoms. The number of halogens is 1. The molecular weight excluding hydrogens is 244 g/mol. The van der Waals surface area contributed by atoms with Gasteiger partial charge in [0, 0.05) is 13.1 Å². The van der Waals surface area contributed by atoms with Gasteiger partial charge in [-0.15, -0.1) is 0 Å². The summed E-state index contributed by atoms with van der Waals surface area (Å²) < 4.78 is 0. The van der Waals surface area contributed by atoms with Crippen LogP contribution in [0.2, 0.25) is 5.02 Å². The van der Waals surface area contributed by atoms with Gasteiger partial charge in [0.1, 0.15) is 6.07 Å². The van der Waals surface area contributed by atoms with E-state index in [9.17, 15) is 5.26 Å². The maximum atomic E-state index is 9.23. The number of nitriles is 1. The molecule has 2 nitrogen and oxygen atoms in total. The summed E-state index contributed by atoms with van der Waals surface area (Å²) in [5, 5.41) is 9.77. The van der Waals surface area contributed by atoms with E-state index in [4.69, 9.17) is 11.6 Å². The third-order valence-electron chi connectivity index (χ3n) is 4.02. The lowest BCUT2D eigenvalue weighted by Gasteiger charge is -2.35. The Kier molecular flexibility index (Phi) is 4.14. The molecule has 0 aliphatic heterocycles. The third-order valence-corrected chi connectivity index (χ3v) is 4.33. The zero-order valence-corrected chi connectivity index (χ0v) is 11.7. The highest BCUT2D eigenvalue weighted by Crippen LogP contribution is 2.32. The van der Waals surface area contributed by atoms with Crippen molar-refractivity contribution in [2.24, 2.45) is 5.92 Å². The van der Waals surface area contributed by atoms with Gasteiger partial charge < -0.3 is 4.90 Å². The molecule has 0 atom stereocenters. The molecule has 1 fully saturated rings. The van der Waals surface area contributed by atoms with Crippen LogP contribution in [0.4, 0.5) is 5.69 Å². The van der Waals surface area contributed by atoms with Crippen molar-refractivity contribution < 1.29 is 0 Å². The van der Waals surface area contributed by atoms with E-state index in [0.29, 0.717) is 16.6 Å². The van der Waals surface area contributed by atoms with E-state index in [1.807, 2.05) is 12.1 Å². The van der Waals surface area contributed by atoms with Gasteiger partial charge in [0.15, 0.2) is 0 Å². The van der Waals surface area contributed by atoms with Crippen molar-refractivity contribution in [2.75, 3.05) is 11.9 Å². The highest BCUT2D eigenvalue weighted by atomic mass is 35.5. The normalized spacial score (nSPS) is 23.4. The third kappa shape index (κ3) is 2.62. The number of anilines is 1. The summed E-state index contributed by atoms with van der Waals surface area (Å²) in [4.78, 5) is 2.23. The fourth-order valence-electron chi connectivity index (χ4n) is 2.74. The van der Waals surface area contributed by atoms with Gasteiger partial charge in [0.05, 0.1) is 16.3 Å². The minimum atomic E-state index is 0.534. The number of hydrogen-bond acceptors (Lipinski definition) is 2. The summed E-state index contributed by atoms with van der Waals surface area (Å²) in [5.74, 6) is 0.837. The second-order valence-corrected chi connectivity index (χ2v) is 5.68.